The Hall–Kier alpha value is -4.08. The lowest BCUT2D eigenvalue weighted by atomic mass is 10.1. The summed E-state index contributed by atoms with van der Waals surface area (Å²) in [5.74, 6) is -2.05. The zero-order valence-corrected chi connectivity index (χ0v) is 14.9. The number of esters is 2. The number of hydrogen-bond acceptors (Lipinski definition) is 9. The van der Waals surface area contributed by atoms with Crippen LogP contribution in [0, 0.1) is 10.1 Å². The summed E-state index contributed by atoms with van der Waals surface area (Å²) in [4.78, 5) is 34.3. The molecule has 10 heteroatoms. The molecule has 2 aromatic rings. The Bertz CT molecular complexity index is 1010. The van der Waals surface area contributed by atoms with Crippen LogP contribution in [0.5, 0.6) is 11.5 Å². The van der Waals surface area contributed by atoms with Crippen molar-refractivity contribution in [3.63, 3.8) is 0 Å². The highest BCUT2D eigenvalue weighted by molar-refractivity contribution is 6.19. The first-order chi connectivity index (χ1) is 13.9. The van der Waals surface area contributed by atoms with Gasteiger partial charge in [-0.05, 0) is 23.8 Å². The molecule has 2 aromatic carbocycles. The largest absolute Gasteiger partial charge is 0.504 e. The number of hydrogen-bond donors (Lipinski definition) is 2. The number of phenols is 2. The van der Waals surface area contributed by atoms with Gasteiger partial charge in [0, 0.05) is 12.1 Å². The maximum absolute atomic E-state index is 12.0. The molecule has 1 aliphatic heterocycles. The van der Waals surface area contributed by atoms with Crippen molar-refractivity contribution in [1.29, 1.82) is 0 Å². The van der Waals surface area contributed by atoms with Gasteiger partial charge in [0.05, 0.1) is 10.5 Å². The van der Waals surface area contributed by atoms with Gasteiger partial charge in [-0.3, -0.25) is 10.1 Å². The van der Waals surface area contributed by atoms with Crippen LogP contribution in [-0.2, 0) is 19.0 Å². The second-order valence-electron chi connectivity index (χ2n) is 5.87. The van der Waals surface area contributed by atoms with Crippen LogP contribution >= 0.6 is 0 Å². The summed E-state index contributed by atoms with van der Waals surface area (Å²) in [6.45, 7) is -0.406. The number of nitro groups is 1. The number of phenolic OH excluding ortho intramolecular Hbond substituents is 2. The third-order valence-corrected chi connectivity index (χ3v) is 3.97. The topological polar surface area (TPSA) is 145 Å². The van der Waals surface area contributed by atoms with E-state index in [2.05, 4.69) is 0 Å². The number of nitrogens with zero attached hydrogens (tertiary/aromatic N) is 1. The van der Waals surface area contributed by atoms with E-state index in [1.54, 1.807) is 0 Å². The third-order valence-electron chi connectivity index (χ3n) is 3.97. The second kappa shape index (κ2) is 8.30. The number of nitro benzene ring substituents is 1. The molecule has 0 bridgehead atoms. The zero-order chi connectivity index (χ0) is 21.0. The normalized spacial score (nSPS) is 13.2. The van der Waals surface area contributed by atoms with Crippen molar-refractivity contribution in [3.05, 3.63) is 69.5 Å². The van der Waals surface area contributed by atoms with E-state index in [1.807, 2.05) is 0 Å². The summed E-state index contributed by atoms with van der Waals surface area (Å²) >= 11 is 0. The van der Waals surface area contributed by atoms with E-state index in [0.29, 0.717) is 0 Å². The number of rotatable bonds is 7. The first kappa shape index (κ1) is 19.7. The third kappa shape index (κ3) is 4.43. The number of non-ortho nitro benzene ring substituents is 1. The predicted octanol–water partition coefficient (Wildman–Crippen LogP) is 2.15. The summed E-state index contributed by atoms with van der Waals surface area (Å²) in [5.41, 5.74) is 0.216. The first-order valence-corrected chi connectivity index (χ1v) is 8.34. The van der Waals surface area contributed by atoms with Gasteiger partial charge in [0.2, 0.25) is 0 Å². The lowest BCUT2D eigenvalue weighted by Gasteiger charge is -2.09. The SMILES string of the molecule is O=C1OCC(OCCOC(=O)c2ccc(O)c(O)c2)=C1c1cccc([N+](=O)[O-])c1. The summed E-state index contributed by atoms with van der Waals surface area (Å²) in [6.07, 6.45) is 0. The van der Waals surface area contributed by atoms with Gasteiger partial charge in [-0.15, -0.1) is 0 Å². The van der Waals surface area contributed by atoms with E-state index in [1.165, 1.54) is 30.3 Å². The Morgan fingerprint density at radius 3 is 2.66 bits per heavy atom. The molecule has 0 amide bonds. The van der Waals surface area contributed by atoms with Gasteiger partial charge in [0.25, 0.3) is 5.69 Å². The van der Waals surface area contributed by atoms with Gasteiger partial charge in [0.1, 0.15) is 31.2 Å². The van der Waals surface area contributed by atoms with E-state index >= 15 is 0 Å². The number of benzene rings is 2. The Morgan fingerprint density at radius 2 is 1.93 bits per heavy atom. The Balaban J connectivity index is 1.63. The van der Waals surface area contributed by atoms with Crippen molar-refractivity contribution >= 4 is 23.2 Å². The molecule has 2 N–H and O–H groups in total. The van der Waals surface area contributed by atoms with E-state index in [9.17, 15) is 29.9 Å². The highest BCUT2D eigenvalue weighted by Crippen LogP contribution is 2.29. The standard InChI is InChI=1S/C19H15NO9/c21-14-5-4-12(9-15(14)22)18(23)28-7-6-27-16-10-29-19(24)17(16)11-2-1-3-13(8-11)20(25)26/h1-5,8-9,21-22H,6-7,10H2. The number of aromatic hydroxyl groups is 2. The van der Waals surface area contributed by atoms with Crippen molar-refractivity contribution in [3.8, 4) is 11.5 Å². The molecule has 0 atom stereocenters. The molecule has 0 saturated heterocycles. The average Bonchev–Trinajstić information content (AvgIpc) is 3.07. The quantitative estimate of drug-likeness (QED) is 0.234. The maximum atomic E-state index is 12.0. The minimum Gasteiger partial charge on any atom is -0.504 e. The number of carbonyl (C=O) groups is 2. The molecule has 1 heterocycles. The molecular formula is C19H15NO9. The first-order valence-electron chi connectivity index (χ1n) is 8.34. The second-order valence-corrected chi connectivity index (χ2v) is 5.87. The van der Waals surface area contributed by atoms with Gasteiger partial charge in [-0.25, -0.2) is 9.59 Å². The highest BCUT2D eigenvalue weighted by atomic mass is 16.6. The van der Waals surface area contributed by atoms with E-state index in [-0.39, 0.29) is 53.7 Å². The van der Waals surface area contributed by atoms with Crippen molar-refractivity contribution in [2.24, 2.45) is 0 Å². The maximum Gasteiger partial charge on any atom is 0.342 e. The van der Waals surface area contributed by atoms with Gasteiger partial charge >= 0.3 is 11.9 Å². The van der Waals surface area contributed by atoms with Crippen LogP contribution in [0.4, 0.5) is 5.69 Å². The van der Waals surface area contributed by atoms with Crippen molar-refractivity contribution in [2.45, 2.75) is 0 Å². The minimum absolute atomic E-state index is 0.0381. The predicted molar refractivity (Wildman–Crippen MR) is 97.0 cm³/mol. The van der Waals surface area contributed by atoms with Crippen molar-refractivity contribution in [1.82, 2.24) is 0 Å². The fraction of sp³-hybridized carbons (Fsp3) is 0.158. The Kier molecular flexibility index (Phi) is 5.63. The molecule has 0 fully saturated rings. The molecule has 3 rings (SSSR count). The number of ether oxygens (including phenoxy) is 3. The highest BCUT2D eigenvalue weighted by Gasteiger charge is 2.29. The van der Waals surface area contributed by atoms with E-state index in [4.69, 9.17) is 14.2 Å². The Labute approximate surface area is 163 Å². The number of cyclic esters (lactones) is 1. The molecule has 29 heavy (non-hydrogen) atoms. The molecular weight excluding hydrogens is 386 g/mol. The van der Waals surface area contributed by atoms with Crippen molar-refractivity contribution < 1.29 is 38.9 Å². The van der Waals surface area contributed by atoms with Gasteiger partial charge < -0.3 is 24.4 Å². The van der Waals surface area contributed by atoms with Gasteiger partial charge in [-0.1, -0.05) is 12.1 Å². The molecule has 10 nitrogen and oxygen atoms in total. The van der Waals surface area contributed by atoms with E-state index in [0.717, 1.165) is 12.1 Å². The fourth-order valence-corrected chi connectivity index (χ4v) is 2.59. The van der Waals surface area contributed by atoms with Crippen molar-refractivity contribution in [2.75, 3.05) is 19.8 Å². The molecule has 0 aliphatic carbocycles. The molecule has 0 saturated carbocycles. The molecule has 1 aliphatic rings. The van der Waals surface area contributed by atoms with Gasteiger partial charge in [0.15, 0.2) is 11.5 Å². The molecule has 150 valence electrons. The number of carbonyl (C=O) groups excluding carboxylic acids is 2. The van der Waals surface area contributed by atoms with E-state index < -0.39 is 22.6 Å². The zero-order valence-electron chi connectivity index (χ0n) is 14.9. The summed E-state index contributed by atoms with van der Waals surface area (Å²) < 4.78 is 15.4. The molecule has 0 radical (unpaired) electrons. The minimum atomic E-state index is -0.740. The lowest BCUT2D eigenvalue weighted by molar-refractivity contribution is -0.384. The monoisotopic (exact) mass is 401 g/mol. The van der Waals surface area contributed by atoms with Crippen LogP contribution in [0.2, 0.25) is 0 Å². The van der Waals surface area contributed by atoms with Crippen LogP contribution in [-0.4, -0.2) is 46.9 Å². The fourth-order valence-electron chi connectivity index (χ4n) is 2.59. The summed E-state index contributed by atoms with van der Waals surface area (Å²) in [6, 6.07) is 9.00. The van der Waals surface area contributed by atoms with Crippen LogP contribution in [0.15, 0.2) is 48.2 Å². The summed E-state index contributed by atoms with van der Waals surface area (Å²) in [7, 11) is 0. The van der Waals surface area contributed by atoms with Crippen LogP contribution < -0.4 is 0 Å². The molecule has 0 unspecified atom stereocenters. The Morgan fingerprint density at radius 1 is 1.14 bits per heavy atom. The smallest absolute Gasteiger partial charge is 0.342 e. The summed E-state index contributed by atoms with van der Waals surface area (Å²) in [5, 5.41) is 29.6. The van der Waals surface area contributed by atoms with Crippen LogP contribution in [0.3, 0.4) is 0 Å². The van der Waals surface area contributed by atoms with Crippen LogP contribution in [0.25, 0.3) is 5.57 Å². The van der Waals surface area contributed by atoms with Crippen LogP contribution in [0.1, 0.15) is 15.9 Å². The lowest BCUT2D eigenvalue weighted by Crippen LogP contribution is -2.11. The average molecular weight is 401 g/mol. The molecule has 0 aromatic heterocycles. The molecule has 0 spiro atoms. The van der Waals surface area contributed by atoms with Gasteiger partial charge in [-0.2, -0.15) is 0 Å².